The number of pyridine rings is 1. The molecule has 0 amide bonds. The van der Waals surface area contributed by atoms with Gasteiger partial charge < -0.3 is 9.47 Å². The Balaban J connectivity index is 2.35. The number of anilines is 1. The Bertz CT molecular complexity index is 833. The van der Waals surface area contributed by atoms with Crippen LogP contribution in [-0.4, -0.2) is 22.6 Å². The minimum Gasteiger partial charge on any atom is -0.365 e. The summed E-state index contributed by atoms with van der Waals surface area (Å²) in [5, 5.41) is 12.5. The van der Waals surface area contributed by atoms with Crippen LogP contribution in [0.4, 0.5) is 11.4 Å². The molecule has 24 heavy (non-hydrogen) atoms. The molecule has 128 valence electrons. The Hall–Kier alpha value is -2.37. The molecule has 6 nitrogen and oxygen atoms in total. The molecule has 1 fully saturated rings. The Kier molecular flexibility index (Phi) is 4.30. The molecule has 1 saturated heterocycles. The van der Waals surface area contributed by atoms with Gasteiger partial charge >= 0.3 is 11.2 Å². The van der Waals surface area contributed by atoms with Crippen molar-refractivity contribution in [1.82, 2.24) is 4.57 Å². The zero-order valence-electron chi connectivity index (χ0n) is 14.4. The Morgan fingerprint density at radius 1 is 1.21 bits per heavy atom. The lowest BCUT2D eigenvalue weighted by atomic mass is 9.91. The summed E-state index contributed by atoms with van der Waals surface area (Å²) in [7, 11) is 0. The van der Waals surface area contributed by atoms with Crippen LogP contribution in [0.5, 0.6) is 0 Å². The van der Waals surface area contributed by atoms with Gasteiger partial charge in [0.25, 0.3) is 0 Å². The maximum Gasteiger partial charge on any atom is 0.357 e. The average Bonchev–Trinajstić information content (AvgIpc) is 2.52. The average molecular weight is 329 g/mol. The van der Waals surface area contributed by atoms with Crippen molar-refractivity contribution in [2.45, 2.75) is 33.7 Å². The molecule has 0 bridgehead atoms. The summed E-state index contributed by atoms with van der Waals surface area (Å²) in [6, 6.07) is 7.49. The van der Waals surface area contributed by atoms with Gasteiger partial charge in [0.15, 0.2) is 0 Å². The van der Waals surface area contributed by atoms with Gasteiger partial charge in [-0.2, -0.15) is 0 Å². The Morgan fingerprint density at radius 2 is 1.83 bits per heavy atom. The summed E-state index contributed by atoms with van der Waals surface area (Å²) in [5.41, 5.74) is 0.444. The van der Waals surface area contributed by atoms with Crippen LogP contribution in [0.3, 0.4) is 0 Å². The second kappa shape index (κ2) is 6.26. The number of rotatable bonds is 3. The van der Waals surface area contributed by atoms with E-state index in [1.807, 2.05) is 36.1 Å². The molecule has 3 rings (SSSR count). The highest BCUT2D eigenvalue weighted by molar-refractivity contribution is 5.96. The van der Waals surface area contributed by atoms with E-state index in [4.69, 9.17) is 0 Å². The van der Waals surface area contributed by atoms with Crippen LogP contribution in [0.2, 0.25) is 0 Å². The van der Waals surface area contributed by atoms with E-state index in [-0.39, 0.29) is 5.69 Å². The number of nitrogens with zero attached hydrogens (tertiary/aromatic N) is 3. The smallest absolute Gasteiger partial charge is 0.357 e. The van der Waals surface area contributed by atoms with Gasteiger partial charge in [0, 0.05) is 25.0 Å². The van der Waals surface area contributed by atoms with E-state index in [0.717, 1.165) is 30.4 Å². The molecular weight excluding hydrogens is 306 g/mol. The molecule has 0 spiro atoms. The van der Waals surface area contributed by atoms with E-state index in [9.17, 15) is 14.9 Å². The number of aromatic nitrogens is 1. The lowest BCUT2D eigenvalue weighted by molar-refractivity contribution is -0.385. The van der Waals surface area contributed by atoms with Crippen LogP contribution in [0.1, 0.15) is 27.2 Å². The van der Waals surface area contributed by atoms with Crippen LogP contribution in [0, 0.1) is 22.0 Å². The number of benzene rings is 1. The largest absolute Gasteiger partial charge is 0.365 e. The van der Waals surface area contributed by atoms with Crippen molar-refractivity contribution >= 4 is 22.3 Å². The number of nitro groups is 1. The van der Waals surface area contributed by atoms with Crippen molar-refractivity contribution < 1.29 is 4.92 Å². The third kappa shape index (κ3) is 2.66. The number of hydrogen-bond acceptors (Lipinski definition) is 4. The van der Waals surface area contributed by atoms with Crippen molar-refractivity contribution in [3.8, 4) is 0 Å². The predicted octanol–water partition coefficient (Wildman–Crippen LogP) is 3.41. The van der Waals surface area contributed by atoms with Crippen molar-refractivity contribution in [2.75, 3.05) is 18.0 Å². The van der Waals surface area contributed by atoms with Crippen LogP contribution < -0.4 is 10.5 Å². The van der Waals surface area contributed by atoms with Crippen molar-refractivity contribution in [3.63, 3.8) is 0 Å². The fourth-order valence-electron chi connectivity index (χ4n) is 4.02. The number of fused-ring (bicyclic) bond motifs is 1. The highest BCUT2D eigenvalue weighted by Crippen LogP contribution is 2.36. The van der Waals surface area contributed by atoms with E-state index in [0.29, 0.717) is 24.1 Å². The molecule has 1 aromatic heterocycles. The van der Waals surface area contributed by atoms with Gasteiger partial charge in [0.2, 0.25) is 0 Å². The summed E-state index contributed by atoms with van der Waals surface area (Å²) in [5.74, 6) is 0.890. The monoisotopic (exact) mass is 329 g/mol. The third-order valence-corrected chi connectivity index (χ3v) is 4.81. The minimum atomic E-state index is -0.514. The van der Waals surface area contributed by atoms with Gasteiger partial charge in [0.05, 0.1) is 10.4 Å². The van der Waals surface area contributed by atoms with Gasteiger partial charge in [-0.25, -0.2) is 0 Å². The number of para-hydroxylation sites is 1. The third-order valence-electron chi connectivity index (χ3n) is 4.81. The second-order valence-electron chi connectivity index (χ2n) is 6.87. The maximum absolute atomic E-state index is 12.8. The second-order valence-corrected chi connectivity index (χ2v) is 6.87. The van der Waals surface area contributed by atoms with E-state index < -0.39 is 10.5 Å². The highest BCUT2D eigenvalue weighted by Gasteiger charge is 2.32. The molecule has 0 aliphatic carbocycles. The number of aryl methyl sites for hydroxylation is 1. The zero-order valence-corrected chi connectivity index (χ0v) is 14.4. The van der Waals surface area contributed by atoms with E-state index >= 15 is 0 Å². The van der Waals surface area contributed by atoms with Crippen molar-refractivity contribution in [3.05, 3.63) is 44.7 Å². The topological polar surface area (TPSA) is 68.4 Å². The molecule has 6 heteroatoms. The van der Waals surface area contributed by atoms with E-state index in [1.165, 1.54) is 4.57 Å². The van der Waals surface area contributed by atoms with Gasteiger partial charge in [-0.05, 0) is 31.2 Å². The molecule has 2 aromatic rings. The molecule has 2 atom stereocenters. The normalized spacial score (nSPS) is 21.2. The van der Waals surface area contributed by atoms with Crippen LogP contribution >= 0.6 is 0 Å². The first kappa shape index (κ1) is 16.5. The Labute approximate surface area is 140 Å². The first-order valence-corrected chi connectivity index (χ1v) is 8.48. The molecule has 1 aliphatic rings. The molecule has 1 aromatic carbocycles. The fraction of sp³-hybridized carbons (Fsp3) is 0.500. The lowest BCUT2D eigenvalue weighted by Gasteiger charge is -2.36. The Morgan fingerprint density at radius 3 is 2.42 bits per heavy atom. The quantitative estimate of drug-likeness (QED) is 0.639. The van der Waals surface area contributed by atoms with Crippen molar-refractivity contribution in [2.24, 2.45) is 11.8 Å². The first-order valence-electron chi connectivity index (χ1n) is 8.48. The summed E-state index contributed by atoms with van der Waals surface area (Å²) < 4.78 is 1.49. The first-order chi connectivity index (χ1) is 11.4. The summed E-state index contributed by atoms with van der Waals surface area (Å²) >= 11 is 0. The SMILES string of the molecule is CCn1c(=O)c([N+](=O)[O-])c(N2C[C@@H](C)C[C@H](C)C2)c2ccccc21. The standard InChI is InChI=1S/C18H23N3O3/c1-4-20-15-8-6-5-7-14(15)16(17(18(20)22)21(23)24)19-10-12(2)9-13(3)11-19/h5-8,12-13H,4,9-11H2,1-3H3/t12-,13-/m0/s1. The number of hydrogen-bond donors (Lipinski definition) is 0. The zero-order chi connectivity index (χ0) is 17.4. The molecule has 0 saturated carbocycles. The van der Waals surface area contributed by atoms with Gasteiger partial charge in [-0.3, -0.25) is 14.9 Å². The molecule has 2 heterocycles. The molecule has 0 radical (unpaired) electrons. The van der Waals surface area contributed by atoms with Crippen LogP contribution in [0.25, 0.3) is 10.9 Å². The summed E-state index contributed by atoms with van der Waals surface area (Å²) in [6.07, 6.45) is 1.11. The molecular formula is C18H23N3O3. The summed E-state index contributed by atoms with van der Waals surface area (Å²) in [6.45, 7) is 8.04. The predicted molar refractivity (Wildman–Crippen MR) is 95.7 cm³/mol. The van der Waals surface area contributed by atoms with E-state index in [2.05, 4.69) is 13.8 Å². The molecule has 1 aliphatic heterocycles. The molecule has 0 unspecified atom stereocenters. The van der Waals surface area contributed by atoms with Gasteiger partial charge in [-0.1, -0.05) is 32.0 Å². The molecule has 0 N–H and O–H groups in total. The van der Waals surface area contributed by atoms with E-state index in [1.54, 1.807) is 0 Å². The minimum absolute atomic E-state index is 0.295. The fourth-order valence-corrected chi connectivity index (χ4v) is 4.02. The maximum atomic E-state index is 12.8. The highest BCUT2D eigenvalue weighted by atomic mass is 16.6. The van der Waals surface area contributed by atoms with Crippen LogP contribution in [0.15, 0.2) is 29.1 Å². The van der Waals surface area contributed by atoms with Crippen molar-refractivity contribution in [1.29, 1.82) is 0 Å². The summed E-state index contributed by atoms with van der Waals surface area (Å²) in [4.78, 5) is 26.0. The lowest BCUT2D eigenvalue weighted by Crippen LogP contribution is -2.40. The van der Waals surface area contributed by atoms with Gasteiger partial charge in [0.1, 0.15) is 5.69 Å². The van der Waals surface area contributed by atoms with Crippen LogP contribution in [-0.2, 0) is 6.54 Å². The van der Waals surface area contributed by atoms with Gasteiger partial charge in [-0.15, -0.1) is 0 Å². The number of piperidine rings is 1.